The van der Waals surface area contributed by atoms with Crippen molar-refractivity contribution in [1.29, 1.82) is 0 Å². The van der Waals surface area contributed by atoms with E-state index in [0.29, 0.717) is 11.1 Å². The summed E-state index contributed by atoms with van der Waals surface area (Å²) in [7, 11) is 0. The van der Waals surface area contributed by atoms with Gasteiger partial charge in [0.1, 0.15) is 5.25 Å². The van der Waals surface area contributed by atoms with Gasteiger partial charge in [0.05, 0.1) is 0 Å². The van der Waals surface area contributed by atoms with Gasteiger partial charge >= 0.3 is 0 Å². The van der Waals surface area contributed by atoms with Gasteiger partial charge in [-0.1, -0.05) is 48.5 Å². The third-order valence-corrected chi connectivity index (χ3v) is 5.47. The number of hydrogen-bond donors (Lipinski definition) is 0. The van der Waals surface area contributed by atoms with Crippen molar-refractivity contribution in [2.45, 2.75) is 23.3 Å². The molecule has 2 aromatic carbocycles. The Bertz CT molecular complexity index is 861. The number of hydrogen-bond acceptors (Lipinski definition) is 5. The van der Waals surface area contributed by atoms with Crippen LogP contribution in [0, 0.1) is 0 Å². The van der Waals surface area contributed by atoms with Crippen LogP contribution in [0.3, 0.4) is 0 Å². The van der Waals surface area contributed by atoms with E-state index in [1.54, 1.807) is 0 Å². The van der Waals surface area contributed by atoms with Crippen molar-refractivity contribution >= 4 is 17.7 Å². The minimum absolute atomic E-state index is 0.109. The van der Waals surface area contributed by atoms with Crippen molar-refractivity contribution in [2.75, 3.05) is 13.1 Å². The molecule has 2 heterocycles. The summed E-state index contributed by atoms with van der Waals surface area (Å²) in [5.74, 6) is 0.576. The predicted octanol–water partition coefficient (Wildman–Crippen LogP) is 4.19. The Morgan fingerprint density at radius 2 is 1.62 bits per heavy atom. The zero-order valence-corrected chi connectivity index (χ0v) is 15.1. The van der Waals surface area contributed by atoms with Crippen LogP contribution in [0.4, 0.5) is 0 Å². The Balaban J connectivity index is 1.59. The maximum absolute atomic E-state index is 13.0. The van der Waals surface area contributed by atoms with Gasteiger partial charge in [-0.25, -0.2) is 0 Å². The maximum atomic E-state index is 13.0. The smallest absolute Gasteiger partial charge is 0.277 e. The lowest BCUT2D eigenvalue weighted by molar-refractivity contribution is -0.129. The van der Waals surface area contributed by atoms with Gasteiger partial charge in [-0.15, -0.1) is 10.2 Å². The molecular formula is C20H19N3O2S. The van der Waals surface area contributed by atoms with Crippen molar-refractivity contribution in [3.8, 4) is 11.5 Å². The van der Waals surface area contributed by atoms with Gasteiger partial charge in [0.2, 0.25) is 11.8 Å². The summed E-state index contributed by atoms with van der Waals surface area (Å²) >= 11 is 1.32. The van der Waals surface area contributed by atoms with Gasteiger partial charge in [-0.05, 0) is 42.3 Å². The minimum Gasteiger partial charge on any atom is -0.411 e. The quantitative estimate of drug-likeness (QED) is 0.635. The SMILES string of the molecule is O=C([C@@H](Sc1nnc(-c2ccccc2)o1)c1ccccc1)N1CCCC1. The molecule has 6 heteroatoms. The van der Waals surface area contributed by atoms with Crippen molar-refractivity contribution in [3.05, 3.63) is 66.2 Å². The van der Waals surface area contributed by atoms with E-state index in [1.165, 1.54) is 11.8 Å². The molecule has 0 bridgehead atoms. The molecule has 1 aromatic heterocycles. The summed E-state index contributed by atoms with van der Waals surface area (Å²) < 4.78 is 5.80. The van der Waals surface area contributed by atoms with Crippen LogP contribution < -0.4 is 0 Å². The van der Waals surface area contributed by atoms with Gasteiger partial charge in [0.15, 0.2) is 0 Å². The number of rotatable bonds is 5. The highest BCUT2D eigenvalue weighted by Crippen LogP contribution is 2.37. The molecule has 0 radical (unpaired) electrons. The third kappa shape index (κ3) is 3.65. The summed E-state index contributed by atoms with van der Waals surface area (Å²) in [5, 5.41) is 8.30. The lowest BCUT2D eigenvalue weighted by atomic mass is 10.1. The van der Waals surface area contributed by atoms with Gasteiger partial charge < -0.3 is 9.32 Å². The van der Waals surface area contributed by atoms with E-state index in [2.05, 4.69) is 10.2 Å². The Labute approximate surface area is 156 Å². The molecule has 0 saturated carbocycles. The lowest BCUT2D eigenvalue weighted by Crippen LogP contribution is -2.31. The monoisotopic (exact) mass is 365 g/mol. The van der Waals surface area contributed by atoms with E-state index in [-0.39, 0.29) is 11.2 Å². The highest BCUT2D eigenvalue weighted by Gasteiger charge is 2.30. The van der Waals surface area contributed by atoms with Crippen molar-refractivity contribution in [3.63, 3.8) is 0 Å². The molecule has 0 unspecified atom stereocenters. The summed E-state index contributed by atoms with van der Waals surface area (Å²) in [6, 6.07) is 19.4. The predicted molar refractivity (Wildman–Crippen MR) is 101 cm³/mol. The second kappa shape index (κ2) is 7.74. The van der Waals surface area contributed by atoms with Crippen LogP contribution in [-0.2, 0) is 4.79 Å². The average molecular weight is 365 g/mol. The molecule has 0 spiro atoms. The van der Waals surface area contributed by atoms with Crippen LogP contribution in [-0.4, -0.2) is 34.1 Å². The zero-order chi connectivity index (χ0) is 17.8. The first kappa shape index (κ1) is 16.8. The first-order valence-electron chi connectivity index (χ1n) is 8.70. The van der Waals surface area contributed by atoms with E-state index in [9.17, 15) is 4.79 Å². The summed E-state index contributed by atoms with van der Waals surface area (Å²) in [6.45, 7) is 1.64. The van der Waals surface area contributed by atoms with Crippen LogP contribution in [0.5, 0.6) is 0 Å². The van der Waals surface area contributed by atoms with E-state index in [1.807, 2.05) is 65.6 Å². The Morgan fingerprint density at radius 1 is 0.962 bits per heavy atom. The zero-order valence-electron chi connectivity index (χ0n) is 14.2. The highest BCUT2D eigenvalue weighted by atomic mass is 32.2. The molecule has 1 fully saturated rings. The van der Waals surface area contributed by atoms with Gasteiger partial charge in [0.25, 0.3) is 5.22 Å². The second-order valence-electron chi connectivity index (χ2n) is 6.18. The standard InChI is InChI=1S/C20H19N3O2S/c24-19(23-13-7-8-14-23)17(15-9-3-1-4-10-15)26-20-22-21-18(25-20)16-11-5-2-6-12-16/h1-6,9-12,17H,7-8,13-14H2/t17-/m0/s1. The topological polar surface area (TPSA) is 59.2 Å². The molecule has 0 aliphatic carbocycles. The number of benzene rings is 2. The third-order valence-electron chi connectivity index (χ3n) is 4.39. The fraction of sp³-hybridized carbons (Fsp3) is 0.250. The fourth-order valence-electron chi connectivity index (χ4n) is 3.05. The molecule has 3 aromatic rings. The molecule has 1 saturated heterocycles. The lowest BCUT2D eigenvalue weighted by Gasteiger charge is -2.22. The van der Waals surface area contributed by atoms with Crippen LogP contribution in [0.25, 0.3) is 11.5 Å². The van der Waals surface area contributed by atoms with E-state index in [4.69, 9.17) is 4.42 Å². The fourth-order valence-corrected chi connectivity index (χ4v) is 4.01. The van der Waals surface area contributed by atoms with E-state index < -0.39 is 0 Å². The number of carbonyl (C=O) groups excluding carboxylic acids is 1. The van der Waals surface area contributed by atoms with Crippen molar-refractivity contribution in [1.82, 2.24) is 15.1 Å². The molecule has 132 valence electrons. The molecule has 1 aliphatic rings. The normalized spacial score (nSPS) is 15.2. The van der Waals surface area contributed by atoms with E-state index in [0.717, 1.165) is 37.1 Å². The van der Waals surface area contributed by atoms with Crippen LogP contribution in [0.2, 0.25) is 0 Å². The summed E-state index contributed by atoms with van der Waals surface area (Å²) in [6.07, 6.45) is 2.13. The Hall–Kier alpha value is -2.60. The summed E-state index contributed by atoms with van der Waals surface area (Å²) in [5.41, 5.74) is 1.82. The highest BCUT2D eigenvalue weighted by molar-refractivity contribution is 8.00. The first-order chi connectivity index (χ1) is 12.8. The molecule has 4 rings (SSSR count). The van der Waals surface area contributed by atoms with Gasteiger partial charge in [0, 0.05) is 18.7 Å². The number of aromatic nitrogens is 2. The van der Waals surface area contributed by atoms with E-state index >= 15 is 0 Å². The largest absolute Gasteiger partial charge is 0.411 e. The molecule has 26 heavy (non-hydrogen) atoms. The number of carbonyl (C=O) groups is 1. The molecular weight excluding hydrogens is 346 g/mol. The van der Waals surface area contributed by atoms with Crippen LogP contribution in [0.15, 0.2) is 70.3 Å². The molecule has 5 nitrogen and oxygen atoms in total. The maximum Gasteiger partial charge on any atom is 0.277 e. The van der Waals surface area contributed by atoms with Crippen molar-refractivity contribution < 1.29 is 9.21 Å². The second-order valence-corrected chi connectivity index (χ2v) is 7.24. The van der Waals surface area contributed by atoms with Gasteiger partial charge in [-0.2, -0.15) is 0 Å². The molecule has 0 N–H and O–H groups in total. The van der Waals surface area contributed by atoms with Gasteiger partial charge in [-0.3, -0.25) is 4.79 Å². The Kier molecular flexibility index (Phi) is 5.02. The molecule has 1 amide bonds. The number of amides is 1. The summed E-state index contributed by atoms with van der Waals surface area (Å²) in [4.78, 5) is 15.0. The number of likely N-dealkylation sites (tertiary alicyclic amines) is 1. The van der Waals surface area contributed by atoms with Crippen LogP contribution >= 0.6 is 11.8 Å². The first-order valence-corrected chi connectivity index (χ1v) is 9.58. The van der Waals surface area contributed by atoms with Crippen molar-refractivity contribution in [2.24, 2.45) is 0 Å². The number of thioether (sulfide) groups is 1. The number of nitrogens with zero attached hydrogens (tertiary/aromatic N) is 3. The van der Waals surface area contributed by atoms with Crippen LogP contribution in [0.1, 0.15) is 23.7 Å². The average Bonchev–Trinajstić information content (AvgIpc) is 3.39. The Morgan fingerprint density at radius 3 is 2.31 bits per heavy atom. The minimum atomic E-state index is -0.377. The molecule has 1 aliphatic heterocycles. The molecule has 1 atom stereocenters.